The summed E-state index contributed by atoms with van der Waals surface area (Å²) in [5.41, 5.74) is 3.72. The van der Waals surface area contributed by atoms with E-state index in [9.17, 15) is 9.90 Å². The van der Waals surface area contributed by atoms with Crippen LogP contribution in [0.15, 0.2) is 78.9 Å². The number of hydrogen-bond acceptors (Lipinski definition) is 5. The molecule has 0 spiro atoms. The summed E-state index contributed by atoms with van der Waals surface area (Å²) in [7, 11) is 3.93. The topological polar surface area (TPSA) is 62.2 Å². The van der Waals surface area contributed by atoms with E-state index in [4.69, 9.17) is 9.47 Å². The van der Waals surface area contributed by atoms with Gasteiger partial charge in [-0.1, -0.05) is 42.5 Å². The molecule has 1 N–H and O–H groups in total. The number of aliphatic hydroxyl groups excluding tert-OH is 1. The predicted octanol–water partition coefficient (Wildman–Crippen LogP) is 4.39. The number of cyclic esters (lactones) is 1. The molecular weight excluding hydrogens is 392 g/mol. The minimum Gasteiger partial charge on any atom is -0.489 e. The minimum atomic E-state index is -0.642. The first-order valence-electron chi connectivity index (χ1n) is 10.2. The van der Waals surface area contributed by atoms with Crippen molar-refractivity contribution in [1.82, 2.24) is 0 Å². The van der Waals surface area contributed by atoms with E-state index in [0.29, 0.717) is 6.61 Å². The van der Waals surface area contributed by atoms with Crippen LogP contribution in [0.4, 0.5) is 16.2 Å². The average Bonchev–Trinajstić information content (AvgIpc) is 3.15. The van der Waals surface area contributed by atoms with E-state index in [-0.39, 0.29) is 6.61 Å². The molecule has 31 heavy (non-hydrogen) atoms. The number of anilines is 2. The molecule has 0 unspecified atom stereocenters. The van der Waals surface area contributed by atoms with Gasteiger partial charge >= 0.3 is 6.09 Å². The molecule has 3 aromatic carbocycles. The molecule has 6 nitrogen and oxygen atoms in total. The number of nitrogens with zero attached hydrogens (tertiary/aromatic N) is 2. The van der Waals surface area contributed by atoms with Crippen LogP contribution in [0.5, 0.6) is 5.75 Å². The van der Waals surface area contributed by atoms with E-state index in [1.807, 2.05) is 97.9 Å². The summed E-state index contributed by atoms with van der Waals surface area (Å²) in [5.74, 6) is 0.736. The number of ether oxygens (including phenoxy) is 2. The standard InChI is InChI=1S/C25H26N2O4/c1-26(2)20-10-12-21(13-11-20)27-24(23(16-28)31-25(27)29)19-8-14-22(15-9-19)30-17-18-6-4-3-5-7-18/h3-15,23-24,28H,16-17H2,1-2H3/t23-,24-/m1/s1. The Balaban J connectivity index is 1.55. The van der Waals surface area contributed by atoms with Gasteiger partial charge in [0.15, 0.2) is 6.10 Å². The number of rotatable bonds is 7. The molecule has 0 aliphatic carbocycles. The summed E-state index contributed by atoms with van der Waals surface area (Å²) in [5, 5.41) is 9.83. The Hall–Kier alpha value is -3.51. The fourth-order valence-corrected chi connectivity index (χ4v) is 3.71. The van der Waals surface area contributed by atoms with Crippen molar-refractivity contribution in [3.63, 3.8) is 0 Å². The molecule has 2 atom stereocenters. The number of carbonyl (C=O) groups excluding carboxylic acids is 1. The molecule has 1 aliphatic heterocycles. The lowest BCUT2D eigenvalue weighted by Crippen LogP contribution is -2.30. The lowest BCUT2D eigenvalue weighted by atomic mass is 10.0. The fourth-order valence-electron chi connectivity index (χ4n) is 3.71. The SMILES string of the molecule is CN(C)c1ccc(N2C(=O)O[C@H](CO)[C@H]2c2ccc(OCc3ccccc3)cc2)cc1. The highest BCUT2D eigenvalue weighted by Gasteiger charge is 2.43. The van der Waals surface area contributed by atoms with Crippen LogP contribution in [-0.2, 0) is 11.3 Å². The van der Waals surface area contributed by atoms with Gasteiger partial charge in [0.25, 0.3) is 0 Å². The zero-order valence-corrected chi connectivity index (χ0v) is 17.6. The van der Waals surface area contributed by atoms with Crippen molar-refractivity contribution in [1.29, 1.82) is 0 Å². The van der Waals surface area contributed by atoms with Gasteiger partial charge in [0.05, 0.1) is 6.61 Å². The van der Waals surface area contributed by atoms with Gasteiger partial charge in [-0.15, -0.1) is 0 Å². The molecule has 3 aromatic rings. The molecule has 0 bridgehead atoms. The molecular formula is C25H26N2O4. The van der Waals surface area contributed by atoms with E-state index in [1.165, 1.54) is 0 Å². The van der Waals surface area contributed by atoms with E-state index < -0.39 is 18.2 Å². The average molecular weight is 418 g/mol. The van der Waals surface area contributed by atoms with Crippen LogP contribution in [0, 0.1) is 0 Å². The van der Waals surface area contributed by atoms with Gasteiger partial charge in [0.2, 0.25) is 0 Å². The lowest BCUT2D eigenvalue weighted by Gasteiger charge is -2.25. The number of benzene rings is 3. The Morgan fingerprint density at radius 2 is 1.65 bits per heavy atom. The maximum atomic E-state index is 12.6. The highest BCUT2D eigenvalue weighted by Crippen LogP contribution is 2.38. The fraction of sp³-hybridized carbons (Fsp3) is 0.240. The van der Waals surface area contributed by atoms with Crippen molar-refractivity contribution in [2.45, 2.75) is 18.8 Å². The quantitative estimate of drug-likeness (QED) is 0.617. The van der Waals surface area contributed by atoms with Crippen LogP contribution in [0.3, 0.4) is 0 Å². The minimum absolute atomic E-state index is 0.255. The summed E-state index contributed by atoms with van der Waals surface area (Å²) in [4.78, 5) is 16.2. The van der Waals surface area contributed by atoms with Crippen molar-refractivity contribution in [3.8, 4) is 5.75 Å². The molecule has 1 amide bonds. The van der Waals surface area contributed by atoms with Crippen LogP contribution in [-0.4, -0.2) is 38.0 Å². The summed E-state index contributed by atoms with van der Waals surface area (Å²) in [6.45, 7) is 0.226. The number of carbonyl (C=O) groups is 1. The van der Waals surface area contributed by atoms with Crippen LogP contribution < -0.4 is 14.5 Å². The van der Waals surface area contributed by atoms with E-state index in [2.05, 4.69) is 0 Å². The molecule has 6 heteroatoms. The molecule has 0 saturated carbocycles. The van der Waals surface area contributed by atoms with Gasteiger partial charge in [-0.05, 0) is 47.5 Å². The van der Waals surface area contributed by atoms with E-state index in [1.54, 1.807) is 4.90 Å². The van der Waals surface area contributed by atoms with Crippen molar-refractivity contribution in [3.05, 3.63) is 90.0 Å². The lowest BCUT2D eigenvalue weighted by molar-refractivity contribution is 0.0829. The Morgan fingerprint density at radius 3 is 2.26 bits per heavy atom. The summed E-state index contributed by atoms with van der Waals surface area (Å²) < 4.78 is 11.3. The third-order valence-corrected chi connectivity index (χ3v) is 5.37. The van der Waals surface area contributed by atoms with Gasteiger partial charge in [0, 0.05) is 25.5 Å². The molecule has 4 rings (SSSR count). The molecule has 1 aliphatic rings. The number of amides is 1. The van der Waals surface area contributed by atoms with Crippen LogP contribution in [0.25, 0.3) is 0 Å². The van der Waals surface area contributed by atoms with E-state index in [0.717, 1.165) is 28.3 Å². The Bertz CT molecular complexity index is 1000. The highest BCUT2D eigenvalue weighted by atomic mass is 16.6. The third-order valence-electron chi connectivity index (χ3n) is 5.37. The van der Waals surface area contributed by atoms with E-state index >= 15 is 0 Å². The van der Waals surface area contributed by atoms with Crippen molar-refractivity contribution >= 4 is 17.5 Å². The normalized spacial score (nSPS) is 18.0. The third kappa shape index (κ3) is 4.49. The van der Waals surface area contributed by atoms with Crippen molar-refractivity contribution in [2.24, 2.45) is 0 Å². The zero-order valence-electron chi connectivity index (χ0n) is 17.6. The first kappa shape index (κ1) is 20.8. The molecule has 0 aromatic heterocycles. The molecule has 0 radical (unpaired) electrons. The Morgan fingerprint density at radius 1 is 0.968 bits per heavy atom. The number of aliphatic hydroxyl groups is 1. The smallest absolute Gasteiger partial charge is 0.415 e. The van der Waals surface area contributed by atoms with Gasteiger partial charge < -0.3 is 19.5 Å². The van der Waals surface area contributed by atoms with Crippen LogP contribution in [0.1, 0.15) is 17.2 Å². The van der Waals surface area contributed by atoms with Crippen LogP contribution >= 0.6 is 0 Å². The second-order valence-electron chi connectivity index (χ2n) is 7.67. The Labute approximate surface area is 182 Å². The summed E-state index contributed by atoms with van der Waals surface area (Å²) in [6.07, 6.45) is -1.11. The first-order chi connectivity index (χ1) is 15.1. The van der Waals surface area contributed by atoms with Gasteiger partial charge in [-0.2, -0.15) is 0 Å². The summed E-state index contributed by atoms with van der Waals surface area (Å²) in [6, 6.07) is 24.8. The molecule has 160 valence electrons. The maximum Gasteiger partial charge on any atom is 0.415 e. The van der Waals surface area contributed by atoms with Gasteiger partial charge in [0.1, 0.15) is 18.4 Å². The predicted molar refractivity (Wildman–Crippen MR) is 121 cm³/mol. The van der Waals surface area contributed by atoms with Crippen molar-refractivity contribution in [2.75, 3.05) is 30.5 Å². The van der Waals surface area contributed by atoms with Crippen LogP contribution in [0.2, 0.25) is 0 Å². The first-order valence-corrected chi connectivity index (χ1v) is 10.2. The largest absolute Gasteiger partial charge is 0.489 e. The zero-order chi connectivity index (χ0) is 21.8. The van der Waals surface area contributed by atoms with Gasteiger partial charge in [-0.3, -0.25) is 4.90 Å². The van der Waals surface area contributed by atoms with Gasteiger partial charge in [-0.25, -0.2) is 4.79 Å². The molecule has 1 saturated heterocycles. The molecule has 1 fully saturated rings. The highest BCUT2D eigenvalue weighted by molar-refractivity contribution is 5.91. The second-order valence-corrected chi connectivity index (χ2v) is 7.67. The molecule has 1 heterocycles. The Kier molecular flexibility index (Phi) is 6.09. The maximum absolute atomic E-state index is 12.6. The number of hydrogen-bond donors (Lipinski definition) is 1. The van der Waals surface area contributed by atoms with Crippen molar-refractivity contribution < 1.29 is 19.4 Å². The monoisotopic (exact) mass is 418 g/mol. The summed E-state index contributed by atoms with van der Waals surface area (Å²) >= 11 is 0. The second kappa shape index (κ2) is 9.10.